The molecule has 0 spiro atoms. The Morgan fingerprint density at radius 1 is 1.12 bits per heavy atom. The van der Waals surface area contributed by atoms with Gasteiger partial charge in [0.2, 0.25) is 0 Å². The third kappa shape index (κ3) is 5.30. The highest BCUT2D eigenvalue weighted by molar-refractivity contribution is 6.47. The Morgan fingerprint density at radius 2 is 1.71 bits per heavy atom. The van der Waals surface area contributed by atoms with Crippen LogP contribution < -0.4 is 0 Å². The first-order valence-corrected chi connectivity index (χ1v) is 7.85. The molecule has 0 fully saturated rings. The monoisotopic (exact) mass is 250 g/mol. The summed E-state index contributed by atoms with van der Waals surface area (Å²) in [7, 11) is -1.56. The molecule has 0 saturated carbocycles. The summed E-state index contributed by atoms with van der Waals surface area (Å²) in [4.78, 5) is 0. The van der Waals surface area contributed by atoms with Crippen molar-refractivity contribution < 1.29 is 8.85 Å². The smallest absolute Gasteiger partial charge is 0.328 e. The summed E-state index contributed by atoms with van der Waals surface area (Å²) in [6.07, 6.45) is 4.33. The predicted molar refractivity (Wildman–Crippen MR) is 75.3 cm³/mol. The second kappa shape index (κ2) is 8.23. The molecule has 2 nitrogen and oxygen atoms in total. The predicted octanol–water partition coefficient (Wildman–Crippen LogP) is 3.38. The van der Waals surface area contributed by atoms with Crippen LogP contribution in [0.1, 0.15) is 26.3 Å². The molecule has 0 N–H and O–H groups in total. The van der Waals surface area contributed by atoms with Crippen molar-refractivity contribution in [3.8, 4) is 0 Å². The molecule has 1 aromatic rings. The molecule has 17 heavy (non-hydrogen) atoms. The Morgan fingerprint density at radius 3 is 2.24 bits per heavy atom. The Labute approximate surface area is 106 Å². The maximum atomic E-state index is 5.70. The molecular weight excluding hydrogens is 228 g/mol. The first kappa shape index (κ1) is 14.2. The summed E-state index contributed by atoms with van der Waals surface area (Å²) in [5.74, 6) is 0. The summed E-state index contributed by atoms with van der Waals surface area (Å²) in [6.45, 7) is 7.68. The van der Waals surface area contributed by atoms with Crippen LogP contribution in [0.15, 0.2) is 36.4 Å². The highest BCUT2D eigenvalue weighted by Crippen LogP contribution is 2.15. The van der Waals surface area contributed by atoms with E-state index in [1.807, 2.05) is 32.0 Å². The molecule has 0 aliphatic heterocycles. The largest absolute Gasteiger partial charge is 0.396 e. The lowest BCUT2D eigenvalue weighted by Gasteiger charge is -2.18. The van der Waals surface area contributed by atoms with Crippen LogP contribution in [0.3, 0.4) is 0 Å². The van der Waals surface area contributed by atoms with Crippen LogP contribution in [0.2, 0.25) is 5.54 Å². The van der Waals surface area contributed by atoms with Gasteiger partial charge in [-0.1, -0.05) is 49.4 Å². The third-order valence-electron chi connectivity index (χ3n) is 2.48. The Bertz CT molecular complexity index is 318. The van der Waals surface area contributed by atoms with E-state index in [9.17, 15) is 0 Å². The van der Waals surface area contributed by atoms with Crippen molar-refractivity contribution in [3.05, 3.63) is 42.0 Å². The second-order valence-electron chi connectivity index (χ2n) is 3.91. The highest BCUT2D eigenvalue weighted by Gasteiger charge is 2.18. The van der Waals surface area contributed by atoms with Gasteiger partial charge in [0, 0.05) is 18.8 Å². The third-order valence-corrected chi connectivity index (χ3v) is 4.89. The number of hydrogen-bond donors (Lipinski definition) is 0. The van der Waals surface area contributed by atoms with Gasteiger partial charge in [0.15, 0.2) is 0 Å². The average Bonchev–Trinajstić information content (AvgIpc) is 2.37. The molecular formula is C14H22O2Si. The van der Waals surface area contributed by atoms with Gasteiger partial charge in [-0.3, -0.25) is 0 Å². The fourth-order valence-electron chi connectivity index (χ4n) is 1.60. The van der Waals surface area contributed by atoms with Gasteiger partial charge in [0.25, 0.3) is 0 Å². The average molecular weight is 250 g/mol. The van der Waals surface area contributed by atoms with Crippen LogP contribution in [0, 0.1) is 0 Å². The summed E-state index contributed by atoms with van der Waals surface area (Å²) < 4.78 is 11.4. The molecule has 0 aliphatic rings. The van der Waals surface area contributed by atoms with Gasteiger partial charge in [-0.2, -0.15) is 0 Å². The Balaban J connectivity index is 2.56. The molecule has 0 aliphatic carbocycles. The van der Waals surface area contributed by atoms with Crippen molar-refractivity contribution >= 4 is 15.4 Å². The second-order valence-corrected chi connectivity index (χ2v) is 6.36. The maximum absolute atomic E-state index is 5.70. The molecule has 94 valence electrons. The van der Waals surface area contributed by atoms with Crippen molar-refractivity contribution in [2.75, 3.05) is 13.2 Å². The zero-order chi connectivity index (χ0) is 12.5. The first-order valence-electron chi connectivity index (χ1n) is 6.24. The maximum Gasteiger partial charge on any atom is 0.328 e. The zero-order valence-corrected chi connectivity index (χ0v) is 12.1. The van der Waals surface area contributed by atoms with Crippen molar-refractivity contribution in [2.24, 2.45) is 0 Å². The van der Waals surface area contributed by atoms with E-state index in [0.717, 1.165) is 13.2 Å². The van der Waals surface area contributed by atoms with Crippen LogP contribution >= 0.6 is 0 Å². The number of hydrogen-bond acceptors (Lipinski definition) is 2. The lowest BCUT2D eigenvalue weighted by molar-refractivity contribution is 0.209. The fourth-order valence-corrected chi connectivity index (χ4v) is 3.25. The van der Waals surface area contributed by atoms with E-state index in [1.165, 1.54) is 5.56 Å². The molecule has 0 bridgehead atoms. The van der Waals surface area contributed by atoms with Gasteiger partial charge in [-0.05, 0) is 19.4 Å². The van der Waals surface area contributed by atoms with Crippen LogP contribution in [0.25, 0.3) is 6.08 Å². The van der Waals surface area contributed by atoms with Crippen molar-refractivity contribution in [1.29, 1.82) is 0 Å². The van der Waals surface area contributed by atoms with Crippen molar-refractivity contribution in [2.45, 2.75) is 26.3 Å². The molecule has 1 atom stereocenters. The van der Waals surface area contributed by atoms with E-state index in [2.05, 4.69) is 31.2 Å². The molecule has 0 aromatic heterocycles. The molecule has 1 rings (SSSR count). The first-order chi connectivity index (χ1) is 8.27. The molecule has 1 unspecified atom stereocenters. The van der Waals surface area contributed by atoms with E-state index >= 15 is 0 Å². The minimum absolute atomic E-state index is 0.384. The van der Waals surface area contributed by atoms with Gasteiger partial charge in [-0.25, -0.2) is 0 Å². The summed E-state index contributed by atoms with van der Waals surface area (Å²) >= 11 is 0. The lowest BCUT2D eigenvalue weighted by Crippen LogP contribution is -2.26. The van der Waals surface area contributed by atoms with E-state index in [0.29, 0.717) is 5.54 Å². The number of allylic oxidation sites excluding steroid dienone is 1. The van der Waals surface area contributed by atoms with Crippen LogP contribution in [0.4, 0.5) is 0 Å². The summed E-state index contributed by atoms with van der Waals surface area (Å²) in [6, 6.07) is 10.3. The molecule has 0 amide bonds. The van der Waals surface area contributed by atoms with E-state index < -0.39 is 9.28 Å². The van der Waals surface area contributed by atoms with Gasteiger partial charge < -0.3 is 8.85 Å². The minimum Gasteiger partial charge on any atom is -0.396 e. The number of rotatable bonds is 7. The molecule has 3 heteroatoms. The molecule has 0 saturated heterocycles. The summed E-state index contributed by atoms with van der Waals surface area (Å²) in [5, 5.41) is 0. The van der Waals surface area contributed by atoms with E-state index in [4.69, 9.17) is 8.85 Å². The van der Waals surface area contributed by atoms with Crippen LogP contribution in [0.5, 0.6) is 0 Å². The topological polar surface area (TPSA) is 18.5 Å². The zero-order valence-electron chi connectivity index (χ0n) is 10.9. The van der Waals surface area contributed by atoms with Gasteiger partial charge in [0.1, 0.15) is 0 Å². The lowest BCUT2D eigenvalue weighted by atomic mass is 10.2. The van der Waals surface area contributed by atoms with Crippen LogP contribution in [-0.4, -0.2) is 22.5 Å². The van der Waals surface area contributed by atoms with Gasteiger partial charge in [-0.15, -0.1) is 0 Å². The standard InChI is InChI=1S/C14H22O2Si/c1-4-15-17(16-5-2)13(3)11-12-14-9-7-6-8-10-14/h6-13,17H,4-5H2,1-3H3. The van der Waals surface area contributed by atoms with Crippen LogP contribution in [-0.2, 0) is 8.85 Å². The van der Waals surface area contributed by atoms with E-state index in [1.54, 1.807) is 0 Å². The Hall–Kier alpha value is -0.903. The fraction of sp³-hybridized carbons (Fsp3) is 0.429. The van der Waals surface area contributed by atoms with Crippen molar-refractivity contribution in [1.82, 2.24) is 0 Å². The molecule has 0 radical (unpaired) electrons. The molecule has 0 heterocycles. The quantitative estimate of drug-likeness (QED) is 0.691. The summed E-state index contributed by atoms with van der Waals surface area (Å²) in [5.41, 5.74) is 1.61. The van der Waals surface area contributed by atoms with E-state index in [-0.39, 0.29) is 0 Å². The van der Waals surface area contributed by atoms with Gasteiger partial charge >= 0.3 is 9.28 Å². The van der Waals surface area contributed by atoms with Gasteiger partial charge in [0.05, 0.1) is 0 Å². The van der Waals surface area contributed by atoms with Crippen molar-refractivity contribution in [3.63, 3.8) is 0 Å². The highest BCUT2D eigenvalue weighted by atomic mass is 28.3. The SMILES string of the molecule is CCO[SiH](OCC)C(C)C=Cc1ccccc1. The minimum atomic E-state index is -1.56. The normalized spacial score (nSPS) is 13.4. The molecule has 1 aromatic carbocycles. The number of benzene rings is 1. The Kier molecular flexibility index (Phi) is 6.85.